The van der Waals surface area contributed by atoms with Gasteiger partial charge in [0.1, 0.15) is 0 Å². The second-order valence-electron chi connectivity index (χ2n) is 15.6. The molecule has 0 aliphatic carbocycles. The first-order valence-electron chi connectivity index (χ1n) is 18.9. The van der Waals surface area contributed by atoms with E-state index in [4.69, 9.17) is 21.4 Å². The smallest absolute Gasteiger partial charge is 0.264 e. The van der Waals surface area contributed by atoms with Crippen molar-refractivity contribution in [3.8, 4) is 0 Å². The minimum atomic E-state index is -3.57. The third-order valence-corrected chi connectivity index (χ3v) is 14.5. The molecule has 0 saturated carbocycles. The molecule has 284 valence electrons. The van der Waals surface area contributed by atoms with E-state index in [1.54, 1.807) is 41.1 Å². The number of carbonyl (C=O) groups is 3. The van der Waals surface area contributed by atoms with Crippen LogP contribution in [0.4, 0.5) is 15.5 Å². The molecule has 0 aromatic heterocycles. The van der Waals surface area contributed by atoms with Gasteiger partial charge < -0.3 is 23.8 Å². The first kappa shape index (κ1) is 37.3. The Balaban J connectivity index is 1.10. The lowest BCUT2D eigenvalue weighted by Crippen LogP contribution is -2.48. The number of carbonyl (C=O) groups excluding carboxylic acids is 3. The van der Waals surface area contributed by atoms with Crippen molar-refractivity contribution in [3.05, 3.63) is 130 Å². The molecule has 4 heterocycles. The van der Waals surface area contributed by atoms with Crippen LogP contribution in [0.5, 0.6) is 0 Å². The lowest BCUT2D eigenvalue weighted by atomic mass is 9.82. The maximum Gasteiger partial charge on any atom is 0.264 e. The van der Waals surface area contributed by atoms with Gasteiger partial charge in [-0.25, -0.2) is 5.01 Å². The summed E-state index contributed by atoms with van der Waals surface area (Å²) in [6, 6.07) is 29.9. The second-order valence-corrected chi connectivity index (χ2v) is 19.9. The summed E-state index contributed by atoms with van der Waals surface area (Å²) in [5.41, 5.74) is 4.10. The second kappa shape index (κ2) is 14.4. The van der Waals surface area contributed by atoms with Crippen molar-refractivity contribution in [2.45, 2.75) is 82.1 Å². The van der Waals surface area contributed by atoms with Gasteiger partial charge >= 0.3 is 0 Å². The summed E-state index contributed by atoms with van der Waals surface area (Å²) >= 11 is 6.60. The number of anilines is 2. The van der Waals surface area contributed by atoms with Gasteiger partial charge in [-0.05, 0) is 72.1 Å². The summed E-state index contributed by atoms with van der Waals surface area (Å²) in [4.78, 5) is 45.7. The molecule has 1 fully saturated rings. The molecule has 1 spiro atoms. The van der Waals surface area contributed by atoms with Crippen molar-refractivity contribution in [3.63, 3.8) is 0 Å². The van der Waals surface area contributed by atoms with E-state index in [0.29, 0.717) is 47.8 Å². The molecule has 12 heteroatoms. The number of aliphatic hydroxyl groups excluding tert-OH is 1. The number of hydrazone groups is 1. The van der Waals surface area contributed by atoms with E-state index in [1.165, 1.54) is 5.01 Å². The Kier molecular flexibility index (Phi) is 9.77. The van der Waals surface area contributed by atoms with Gasteiger partial charge in [-0.1, -0.05) is 85.3 Å². The Morgan fingerprint density at radius 3 is 2.47 bits per heavy atom. The van der Waals surface area contributed by atoms with E-state index in [0.717, 1.165) is 28.0 Å². The summed E-state index contributed by atoms with van der Waals surface area (Å²) in [6.45, 7) is 5.35. The highest BCUT2D eigenvalue weighted by molar-refractivity contribution is 6.72. The highest BCUT2D eigenvalue weighted by Gasteiger charge is 2.67. The molecule has 4 aliphatic heterocycles. The number of aliphatic hydroxyl groups is 1. The minimum absolute atomic E-state index is 0.120. The molecule has 0 bridgehead atoms. The van der Waals surface area contributed by atoms with E-state index < -0.39 is 37.6 Å². The molecule has 55 heavy (non-hydrogen) atoms. The van der Waals surface area contributed by atoms with Gasteiger partial charge in [-0.2, -0.15) is 5.10 Å². The molecule has 9 nitrogen and oxygen atoms in total. The van der Waals surface area contributed by atoms with Crippen molar-refractivity contribution >= 4 is 54.8 Å². The number of hydrogen-bond acceptors (Lipinski definition) is 6. The minimum Gasteiger partial charge on any atom is -0.394 e. The molecule has 1 saturated heterocycles. The number of rotatable bonds is 8. The van der Waals surface area contributed by atoms with Crippen LogP contribution in [0.25, 0.3) is 0 Å². The standard InChI is InChI=1S/C43H44ClFN4O5Si/c1-27-41(55(2,3)45)38(23-40(52)47-25-31-14-8-7-13-30(31)21-34(47)26-50)54-43(27)35-22-32(44)16-18-37(35)48(42(43)53)24-28-10-9-15-33(20-28)49-39(51)19-17-36(46-49)29-11-5-4-6-12-29/h4-16,18,20,22,27,34,38,41,50H,17,19,21,23-26H2,1-3H3/t27-,34+,38+,41-,43+/m1/s1. The average molecular weight is 779 g/mol. The van der Waals surface area contributed by atoms with E-state index in [9.17, 15) is 14.7 Å². The zero-order chi connectivity index (χ0) is 38.6. The van der Waals surface area contributed by atoms with Crippen LogP contribution in [0, 0.1) is 5.92 Å². The number of ether oxygens (including phenoxy) is 1. The highest BCUT2D eigenvalue weighted by atomic mass is 35.5. The van der Waals surface area contributed by atoms with Crippen LogP contribution in [0.1, 0.15) is 54.0 Å². The average Bonchev–Trinajstić information content (AvgIpc) is 3.60. The zero-order valence-electron chi connectivity index (χ0n) is 31.1. The van der Waals surface area contributed by atoms with Gasteiger partial charge in [0, 0.05) is 41.4 Å². The van der Waals surface area contributed by atoms with Crippen molar-refractivity contribution in [1.82, 2.24) is 4.90 Å². The predicted molar refractivity (Wildman–Crippen MR) is 213 cm³/mol. The summed E-state index contributed by atoms with van der Waals surface area (Å²) in [5.74, 6) is -1.34. The van der Waals surface area contributed by atoms with Crippen LogP contribution in [-0.4, -0.2) is 60.6 Å². The van der Waals surface area contributed by atoms with Gasteiger partial charge in [-0.3, -0.25) is 14.4 Å². The van der Waals surface area contributed by atoms with E-state index >= 15 is 8.90 Å². The van der Waals surface area contributed by atoms with Gasteiger partial charge in [0.25, 0.3) is 5.91 Å². The Morgan fingerprint density at radius 1 is 0.982 bits per heavy atom. The number of halogens is 2. The van der Waals surface area contributed by atoms with Crippen LogP contribution in [-0.2, 0) is 44.2 Å². The summed E-state index contributed by atoms with van der Waals surface area (Å²) in [5, 5.41) is 16.9. The molecule has 0 radical (unpaired) electrons. The summed E-state index contributed by atoms with van der Waals surface area (Å²) in [7, 11) is -3.57. The SMILES string of the molecule is C[C@@H]1[C@@H]([Si](C)(C)F)[C@H](CC(=O)N2Cc3ccccc3C[C@H]2CO)O[C@@]12C(=O)N(Cc1cccc(N3N=C(c4ccccc4)CCC3=O)c1)c1ccc(Cl)cc12. The largest absolute Gasteiger partial charge is 0.394 e. The molecule has 1 N–H and O–H groups in total. The van der Waals surface area contributed by atoms with Crippen LogP contribution in [0.3, 0.4) is 0 Å². The number of benzene rings is 4. The summed E-state index contributed by atoms with van der Waals surface area (Å²) in [6.07, 6.45) is 0.368. The van der Waals surface area contributed by atoms with Crippen LogP contribution in [0.2, 0.25) is 23.7 Å². The van der Waals surface area contributed by atoms with Crippen molar-refractivity contribution in [1.29, 1.82) is 0 Å². The number of hydrogen-bond donors (Lipinski definition) is 1. The Bertz CT molecular complexity index is 2200. The fourth-order valence-corrected chi connectivity index (χ4v) is 11.9. The highest BCUT2D eigenvalue weighted by Crippen LogP contribution is 2.60. The maximum atomic E-state index is 16.6. The lowest BCUT2D eigenvalue weighted by molar-refractivity contribution is -0.151. The van der Waals surface area contributed by atoms with E-state index in [2.05, 4.69) is 0 Å². The van der Waals surface area contributed by atoms with Crippen molar-refractivity contribution in [2.75, 3.05) is 16.5 Å². The van der Waals surface area contributed by atoms with E-state index in [1.807, 2.05) is 85.8 Å². The number of amides is 3. The fourth-order valence-electron chi connectivity index (χ4n) is 9.27. The molecule has 4 aromatic carbocycles. The van der Waals surface area contributed by atoms with Crippen LogP contribution >= 0.6 is 11.6 Å². The predicted octanol–water partition coefficient (Wildman–Crippen LogP) is 7.53. The molecule has 8 rings (SSSR count). The topological polar surface area (TPSA) is 103 Å². The third kappa shape index (κ3) is 6.60. The first-order chi connectivity index (χ1) is 26.4. The zero-order valence-corrected chi connectivity index (χ0v) is 32.9. The lowest BCUT2D eigenvalue weighted by Gasteiger charge is -2.37. The third-order valence-electron chi connectivity index (χ3n) is 11.8. The van der Waals surface area contributed by atoms with Crippen molar-refractivity contribution in [2.24, 2.45) is 11.0 Å². The Labute approximate surface area is 326 Å². The maximum absolute atomic E-state index is 16.6. The summed E-state index contributed by atoms with van der Waals surface area (Å²) < 4.78 is 23.5. The molecule has 4 aromatic rings. The number of nitrogens with zero attached hydrogens (tertiary/aromatic N) is 4. The van der Waals surface area contributed by atoms with Gasteiger partial charge in [0.2, 0.25) is 20.2 Å². The molecule has 4 aliphatic rings. The van der Waals surface area contributed by atoms with Gasteiger partial charge in [0.15, 0.2) is 5.60 Å². The molecule has 3 amide bonds. The van der Waals surface area contributed by atoms with Gasteiger partial charge in [-0.15, -0.1) is 0 Å². The Hall–Kier alpha value is -4.68. The normalized spacial score (nSPS) is 25.0. The first-order valence-corrected chi connectivity index (χ1v) is 22.2. The van der Waals surface area contributed by atoms with E-state index in [-0.39, 0.29) is 37.3 Å². The monoisotopic (exact) mass is 778 g/mol. The Morgan fingerprint density at radius 2 is 1.73 bits per heavy atom. The van der Waals surface area contributed by atoms with Crippen molar-refractivity contribution < 1.29 is 28.3 Å². The molecule has 5 atom stereocenters. The molecular weight excluding hydrogens is 735 g/mol. The van der Waals surface area contributed by atoms with Gasteiger partial charge in [0.05, 0.1) is 48.8 Å². The van der Waals surface area contributed by atoms with Crippen LogP contribution in [0.15, 0.2) is 102 Å². The fraction of sp³-hybridized carbons (Fsp3) is 0.349. The molecule has 0 unspecified atom stereocenters. The van der Waals surface area contributed by atoms with Crippen LogP contribution < -0.4 is 9.91 Å². The molecular formula is C43H44ClFN4O5Si. The quantitative estimate of drug-likeness (QED) is 0.147. The number of fused-ring (bicyclic) bond motifs is 3.